The number of nitrogens with one attached hydrogen (secondary N) is 1. The van der Waals surface area contributed by atoms with E-state index in [1.54, 1.807) is 20.2 Å². The Bertz CT molecular complexity index is 1530. The summed E-state index contributed by atoms with van der Waals surface area (Å²) in [7, 11) is -1.49. The van der Waals surface area contributed by atoms with Crippen LogP contribution in [-0.2, 0) is 36.0 Å². The lowest BCUT2D eigenvalue weighted by Crippen LogP contribution is -2.59. The van der Waals surface area contributed by atoms with Crippen LogP contribution in [0.5, 0.6) is 5.75 Å². The van der Waals surface area contributed by atoms with Gasteiger partial charge in [-0.05, 0) is 18.1 Å². The van der Waals surface area contributed by atoms with Gasteiger partial charge in [-0.2, -0.15) is 14.4 Å². The number of sulfonamides is 1. The van der Waals surface area contributed by atoms with Crippen molar-refractivity contribution in [2.75, 3.05) is 32.2 Å². The fourth-order valence-electron chi connectivity index (χ4n) is 4.35. The summed E-state index contributed by atoms with van der Waals surface area (Å²) in [4.78, 5) is 13.1. The molecule has 5 rings (SSSR count). The highest BCUT2D eigenvalue weighted by Crippen LogP contribution is 2.25. The molecular formula is C23H29N9O4S. The number of nitrogens with two attached hydrogens (primary N) is 1. The highest BCUT2D eigenvalue weighted by molar-refractivity contribution is 7.88. The van der Waals surface area contributed by atoms with Crippen molar-refractivity contribution >= 4 is 27.0 Å². The first-order chi connectivity index (χ1) is 17.7. The fourth-order valence-corrected chi connectivity index (χ4v) is 5.25. The number of methoxy groups -OCH3 is 1. The summed E-state index contributed by atoms with van der Waals surface area (Å²) in [6.07, 6.45) is 4.00. The van der Waals surface area contributed by atoms with E-state index >= 15 is 0 Å². The monoisotopic (exact) mass is 527 g/mol. The molecule has 0 unspecified atom stereocenters. The molecule has 0 saturated carbocycles. The first kappa shape index (κ1) is 25.0. The van der Waals surface area contributed by atoms with Gasteiger partial charge in [0.1, 0.15) is 16.8 Å². The minimum atomic E-state index is -3.12. The van der Waals surface area contributed by atoms with E-state index in [2.05, 4.69) is 30.5 Å². The number of aromatic nitrogens is 6. The molecular weight excluding hydrogens is 498 g/mol. The van der Waals surface area contributed by atoms with Gasteiger partial charge in [0.05, 0.1) is 31.8 Å². The highest BCUT2D eigenvalue weighted by Gasteiger charge is 2.32. The SMILES string of the molecule is COc1cc(CNC2CN(S(C)(=O)=O)C2)ccc1Cn1ncc2nc(N)nc(CCc3noc(C)n3)c21. The lowest BCUT2D eigenvalue weighted by atomic mass is 10.1. The van der Waals surface area contributed by atoms with Gasteiger partial charge in [0, 0.05) is 44.6 Å². The molecule has 0 atom stereocenters. The van der Waals surface area contributed by atoms with Gasteiger partial charge in [0.15, 0.2) is 5.82 Å². The predicted molar refractivity (Wildman–Crippen MR) is 135 cm³/mol. The molecule has 14 heteroatoms. The maximum absolute atomic E-state index is 11.6. The van der Waals surface area contributed by atoms with E-state index in [0.29, 0.717) is 56.3 Å². The van der Waals surface area contributed by atoms with Crippen molar-refractivity contribution in [2.45, 2.75) is 38.9 Å². The zero-order valence-electron chi connectivity index (χ0n) is 20.9. The van der Waals surface area contributed by atoms with Crippen molar-refractivity contribution in [1.82, 2.24) is 39.5 Å². The average molecular weight is 528 g/mol. The standard InChI is InChI=1S/C23H29N9O4S/c1-14-27-21(30-36-14)7-6-18-22-19(29-23(24)28-18)10-26-32(22)11-16-5-4-15(8-20(16)35-2)9-25-17-12-31(13-17)37(3,33)34/h4-5,8,10,17,25H,6-7,9,11-13H2,1-3H3,(H2,24,28,29). The molecule has 1 fully saturated rings. The zero-order chi connectivity index (χ0) is 26.2. The topological polar surface area (TPSA) is 167 Å². The van der Waals surface area contributed by atoms with Crippen LogP contribution in [0.3, 0.4) is 0 Å². The summed E-state index contributed by atoms with van der Waals surface area (Å²) in [6, 6.07) is 6.15. The Balaban J connectivity index is 1.31. The van der Waals surface area contributed by atoms with Gasteiger partial charge in [0.25, 0.3) is 0 Å². The first-order valence-corrected chi connectivity index (χ1v) is 13.7. The van der Waals surface area contributed by atoms with E-state index in [1.165, 1.54) is 10.6 Å². The molecule has 13 nitrogen and oxygen atoms in total. The van der Waals surface area contributed by atoms with E-state index in [1.807, 2.05) is 22.9 Å². The van der Waals surface area contributed by atoms with Gasteiger partial charge < -0.3 is 20.3 Å². The Morgan fingerprint density at radius 1 is 1.22 bits per heavy atom. The molecule has 37 heavy (non-hydrogen) atoms. The molecule has 4 aromatic rings. The number of nitrogens with zero attached hydrogens (tertiary/aromatic N) is 7. The van der Waals surface area contributed by atoms with Crippen LogP contribution in [0.1, 0.15) is 28.5 Å². The third-order valence-electron chi connectivity index (χ3n) is 6.32. The molecule has 0 bridgehead atoms. The maximum atomic E-state index is 11.6. The third kappa shape index (κ3) is 5.55. The zero-order valence-corrected chi connectivity index (χ0v) is 21.7. The number of benzene rings is 1. The van der Waals surface area contributed by atoms with Crippen LogP contribution in [0, 0.1) is 6.92 Å². The van der Waals surface area contributed by atoms with E-state index in [9.17, 15) is 8.42 Å². The van der Waals surface area contributed by atoms with E-state index < -0.39 is 10.0 Å². The lowest BCUT2D eigenvalue weighted by molar-refractivity contribution is 0.227. The number of nitrogen functional groups attached to an aromatic ring is 1. The van der Waals surface area contributed by atoms with Crippen LogP contribution in [0.15, 0.2) is 28.9 Å². The molecule has 3 aromatic heterocycles. The van der Waals surface area contributed by atoms with Crippen LogP contribution < -0.4 is 15.8 Å². The quantitative estimate of drug-likeness (QED) is 0.297. The van der Waals surface area contributed by atoms with E-state index in [4.69, 9.17) is 15.0 Å². The van der Waals surface area contributed by atoms with E-state index in [-0.39, 0.29) is 12.0 Å². The van der Waals surface area contributed by atoms with Gasteiger partial charge in [-0.25, -0.2) is 18.4 Å². The molecule has 196 valence electrons. The molecule has 3 N–H and O–H groups in total. The number of hydrogen-bond acceptors (Lipinski definition) is 11. The van der Waals surface area contributed by atoms with Crippen molar-refractivity contribution in [3.63, 3.8) is 0 Å². The van der Waals surface area contributed by atoms with Gasteiger partial charge in [0.2, 0.25) is 21.9 Å². The summed E-state index contributed by atoms with van der Waals surface area (Å²) >= 11 is 0. The van der Waals surface area contributed by atoms with Crippen LogP contribution in [0.25, 0.3) is 11.0 Å². The van der Waals surface area contributed by atoms with Gasteiger partial charge in [-0.3, -0.25) is 4.68 Å². The van der Waals surface area contributed by atoms with Crippen LogP contribution in [0.4, 0.5) is 5.95 Å². The molecule has 1 aliphatic heterocycles. The Morgan fingerprint density at radius 2 is 2.03 bits per heavy atom. The van der Waals surface area contributed by atoms with E-state index in [0.717, 1.165) is 28.1 Å². The lowest BCUT2D eigenvalue weighted by Gasteiger charge is -2.37. The molecule has 0 spiro atoms. The molecule has 1 saturated heterocycles. The predicted octanol–water partition coefficient (Wildman–Crippen LogP) is 0.675. The molecule has 0 amide bonds. The minimum absolute atomic E-state index is 0.137. The third-order valence-corrected chi connectivity index (χ3v) is 7.55. The van der Waals surface area contributed by atoms with Crippen LogP contribution >= 0.6 is 0 Å². The van der Waals surface area contributed by atoms with Crippen molar-refractivity contribution < 1.29 is 17.7 Å². The summed E-state index contributed by atoms with van der Waals surface area (Å²) in [5.74, 6) is 2.04. The molecule has 0 aliphatic carbocycles. The largest absolute Gasteiger partial charge is 0.496 e. The molecule has 0 radical (unpaired) electrons. The minimum Gasteiger partial charge on any atom is -0.496 e. The van der Waals surface area contributed by atoms with Gasteiger partial charge >= 0.3 is 0 Å². The van der Waals surface area contributed by atoms with Gasteiger partial charge in [-0.15, -0.1) is 0 Å². The molecule has 4 heterocycles. The van der Waals surface area contributed by atoms with Crippen molar-refractivity contribution in [3.05, 3.63) is 52.9 Å². The van der Waals surface area contributed by atoms with Crippen LogP contribution in [0.2, 0.25) is 0 Å². The van der Waals surface area contributed by atoms with Crippen molar-refractivity contribution in [3.8, 4) is 5.75 Å². The Labute approximate surface area is 214 Å². The fraction of sp³-hybridized carbons (Fsp3) is 0.435. The summed E-state index contributed by atoms with van der Waals surface area (Å²) in [5, 5.41) is 11.9. The number of aryl methyl sites for hydroxylation is 3. The average Bonchev–Trinajstić information content (AvgIpc) is 3.42. The normalized spacial score (nSPS) is 14.8. The smallest absolute Gasteiger partial charge is 0.223 e. The Kier molecular flexibility index (Phi) is 6.79. The van der Waals surface area contributed by atoms with Crippen LogP contribution in [-0.4, -0.2) is 75.1 Å². The number of ether oxygens (including phenoxy) is 1. The summed E-state index contributed by atoms with van der Waals surface area (Å²) in [5.41, 5.74) is 10.1. The van der Waals surface area contributed by atoms with Crippen molar-refractivity contribution in [2.24, 2.45) is 0 Å². The number of fused-ring (bicyclic) bond motifs is 1. The van der Waals surface area contributed by atoms with Crippen molar-refractivity contribution in [1.29, 1.82) is 0 Å². The maximum Gasteiger partial charge on any atom is 0.223 e. The number of rotatable bonds is 10. The number of anilines is 1. The van der Waals surface area contributed by atoms with Gasteiger partial charge in [-0.1, -0.05) is 17.3 Å². The second kappa shape index (κ2) is 10.0. The second-order valence-electron chi connectivity index (χ2n) is 9.10. The first-order valence-electron chi connectivity index (χ1n) is 11.8. The second-order valence-corrected chi connectivity index (χ2v) is 11.1. The Hall–Kier alpha value is -3.62. The molecule has 1 aliphatic rings. The molecule has 1 aromatic carbocycles. The Morgan fingerprint density at radius 3 is 2.73 bits per heavy atom. The highest BCUT2D eigenvalue weighted by atomic mass is 32.2. The summed E-state index contributed by atoms with van der Waals surface area (Å²) in [6.45, 7) is 3.79. The number of hydrogen-bond donors (Lipinski definition) is 2. The summed E-state index contributed by atoms with van der Waals surface area (Å²) < 4.78 is 37.2.